The van der Waals surface area contributed by atoms with Crippen molar-refractivity contribution < 1.29 is 23.7 Å². The highest BCUT2D eigenvalue weighted by molar-refractivity contribution is 6.02. The fourth-order valence-electron chi connectivity index (χ4n) is 2.83. The molecule has 6 heteroatoms. The maximum absolute atomic E-state index is 12.3. The summed E-state index contributed by atoms with van der Waals surface area (Å²) < 4.78 is 21.8. The summed E-state index contributed by atoms with van der Waals surface area (Å²) in [5, 5.41) is 2.83. The molecule has 3 aromatic rings. The van der Waals surface area contributed by atoms with Gasteiger partial charge in [0.2, 0.25) is 5.91 Å². The monoisotopic (exact) mass is 419 g/mol. The minimum Gasteiger partial charge on any atom is -0.497 e. The van der Waals surface area contributed by atoms with Crippen LogP contribution in [0, 0.1) is 0 Å². The van der Waals surface area contributed by atoms with Gasteiger partial charge in [0.1, 0.15) is 17.2 Å². The Kier molecular flexibility index (Phi) is 7.54. The topological polar surface area (TPSA) is 66.0 Å². The fourth-order valence-corrected chi connectivity index (χ4v) is 2.83. The van der Waals surface area contributed by atoms with E-state index in [1.165, 1.54) is 6.08 Å². The Morgan fingerprint density at radius 3 is 2.35 bits per heavy atom. The molecule has 0 unspecified atom stereocenters. The lowest BCUT2D eigenvalue weighted by Crippen LogP contribution is -2.07. The molecule has 31 heavy (non-hydrogen) atoms. The Morgan fingerprint density at radius 2 is 1.65 bits per heavy atom. The number of benzene rings is 3. The van der Waals surface area contributed by atoms with Gasteiger partial charge in [0.05, 0.1) is 20.8 Å². The fraction of sp³-hybridized carbons (Fsp3) is 0.160. The van der Waals surface area contributed by atoms with Crippen molar-refractivity contribution in [1.29, 1.82) is 0 Å². The first-order valence-corrected chi connectivity index (χ1v) is 9.83. The van der Waals surface area contributed by atoms with Crippen molar-refractivity contribution in [2.75, 3.05) is 26.1 Å². The van der Waals surface area contributed by atoms with Crippen LogP contribution in [0.15, 0.2) is 72.8 Å². The average Bonchev–Trinajstić information content (AvgIpc) is 2.79. The van der Waals surface area contributed by atoms with Crippen molar-refractivity contribution >= 4 is 17.7 Å². The van der Waals surface area contributed by atoms with E-state index in [2.05, 4.69) is 5.32 Å². The summed E-state index contributed by atoms with van der Waals surface area (Å²) in [4.78, 5) is 12.3. The molecule has 6 nitrogen and oxygen atoms in total. The van der Waals surface area contributed by atoms with E-state index in [9.17, 15) is 4.79 Å². The van der Waals surface area contributed by atoms with Crippen molar-refractivity contribution in [3.8, 4) is 28.7 Å². The zero-order chi connectivity index (χ0) is 22.1. The number of hydrogen-bond acceptors (Lipinski definition) is 5. The molecule has 3 rings (SSSR count). The van der Waals surface area contributed by atoms with Gasteiger partial charge in [-0.1, -0.05) is 12.1 Å². The molecule has 0 aliphatic rings. The van der Waals surface area contributed by atoms with Crippen LogP contribution < -0.4 is 24.3 Å². The number of rotatable bonds is 9. The van der Waals surface area contributed by atoms with Crippen LogP contribution in [-0.4, -0.2) is 26.7 Å². The van der Waals surface area contributed by atoms with E-state index in [4.69, 9.17) is 18.9 Å². The molecule has 1 N–H and O–H groups in total. The molecule has 0 saturated carbocycles. The summed E-state index contributed by atoms with van der Waals surface area (Å²) in [6.07, 6.45) is 3.19. The lowest BCUT2D eigenvalue weighted by atomic mass is 10.2. The second kappa shape index (κ2) is 10.7. The number of anilines is 1. The molecule has 0 aromatic heterocycles. The molecule has 0 fully saturated rings. The Bertz CT molecular complexity index is 1040. The number of carbonyl (C=O) groups is 1. The number of amides is 1. The maximum Gasteiger partial charge on any atom is 0.248 e. The minimum atomic E-state index is -0.241. The summed E-state index contributed by atoms with van der Waals surface area (Å²) in [7, 11) is 3.20. The third kappa shape index (κ3) is 6.27. The number of methoxy groups -OCH3 is 2. The smallest absolute Gasteiger partial charge is 0.248 e. The van der Waals surface area contributed by atoms with Gasteiger partial charge in [-0.3, -0.25) is 4.79 Å². The molecule has 0 radical (unpaired) electrons. The van der Waals surface area contributed by atoms with Crippen molar-refractivity contribution in [2.24, 2.45) is 0 Å². The zero-order valence-electron chi connectivity index (χ0n) is 17.8. The van der Waals surface area contributed by atoms with E-state index in [0.717, 1.165) is 11.3 Å². The largest absolute Gasteiger partial charge is 0.497 e. The highest BCUT2D eigenvalue weighted by atomic mass is 16.5. The van der Waals surface area contributed by atoms with Crippen molar-refractivity contribution in [3.05, 3.63) is 78.4 Å². The van der Waals surface area contributed by atoms with Gasteiger partial charge in [0, 0.05) is 17.8 Å². The van der Waals surface area contributed by atoms with E-state index in [1.807, 2.05) is 43.3 Å². The zero-order valence-corrected chi connectivity index (χ0v) is 17.8. The normalized spacial score (nSPS) is 10.5. The summed E-state index contributed by atoms with van der Waals surface area (Å²) in [5.41, 5.74) is 1.50. The molecule has 0 bridgehead atoms. The van der Waals surface area contributed by atoms with Gasteiger partial charge >= 0.3 is 0 Å². The van der Waals surface area contributed by atoms with E-state index in [0.29, 0.717) is 35.3 Å². The predicted molar refractivity (Wildman–Crippen MR) is 121 cm³/mol. The quantitative estimate of drug-likeness (QED) is 0.461. The molecular weight excluding hydrogens is 394 g/mol. The van der Waals surface area contributed by atoms with E-state index in [1.54, 1.807) is 50.6 Å². The Morgan fingerprint density at radius 1 is 0.871 bits per heavy atom. The Balaban J connectivity index is 1.59. The Labute approximate surface area is 182 Å². The molecule has 0 aliphatic carbocycles. The molecule has 0 aliphatic heterocycles. The van der Waals surface area contributed by atoms with Gasteiger partial charge in [-0.2, -0.15) is 0 Å². The first-order chi connectivity index (χ1) is 15.1. The predicted octanol–water partition coefficient (Wildman–Crippen LogP) is 5.55. The van der Waals surface area contributed by atoms with Crippen LogP contribution in [0.2, 0.25) is 0 Å². The van der Waals surface area contributed by atoms with Crippen LogP contribution >= 0.6 is 0 Å². The molecule has 3 aromatic carbocycles. The molecule has 0 heterocycles. The second-order valence-electron chi connectivity index (χ2n) is 6.47. The molecule has 0 saturated heterocycles. The second-order valence-corrected chi connectivity index (χ2v) is 6.47. The number of nitrogens with one attached hydrogen (secondary N) is 1. The standard InChI is InChI=1S/C25H25NO5/c1-4-30-24-16-18(8-14-23(24)29-3)9-15-25(27)26-19-10-12-20(13-11-19)31-22-7-5-6-21(17-22)28-2/h5-17H,4H2,1-3H3,(H,26,27)/b15-9+. The summed E-state index contributed by atoms with van der Waals surface area (Å²) in [6.45, 7) is 2.43. The number of ether oxygens (including phenoxy) is 4. The minimum absolute atomic E-state index is 0.241. The Hall–Kier alpha value is -3.93. The lowest BCUT2D eigenvalue weighted by Gasteiger charge is -2.09. The van der Waals surface area contributed by atoms with Crippen molar-refractivity contribution in [2.45, 2.75) is 6.92 Å². The SMILES string of the molecule is CCOc1cc(/C=C/C(=O)Nc2ccc(Oc3cccc(OC)c3)cc2)ccc1OC. The molecular formula is C25H25NO5. The highest BCUT2D eigenvalue weighted by Gasteiger charge is 2.05. The number of carbonyl (C=O) groups excluding carboxylic acids is 1. The van der Waals surface area contributed by atoms with Crippen molar-refractivity contribution in [1.82, 2.24) is 0 Å². The van der Waals surface area contributed by atoms with Crippen LogP contribution in [0.25, 0.3) is 6.08 Å². The van der Waals surface area contributed by atoms with Crippen LogP contribution in [0.4, 0.5) is 5.69 Å². The third-order valence-corrected chi connectivity index (χ3v) is 4.31. The summed E-state index contributed by atoms with van der Waals surface area (Å²) >= 11 is 0. The molecule has 160 valence electrons. The van der Waals surface area contributed by atoms with Gasteiger partial charge in [-0.25, -0.2) is 0 Å². The van der Waals surface area contributed by atoms with Crippen LogP contribution in [-0.2, 0) is 4.79 Å². The van der Waals surface area contributed by atoms with E-state index < -0.39 is 0 Å². The van der Waals surface area contributed by atoms with Crippen LogP contribution in [0.1, 0.15) is 12.5 Å². The molecule has 1 amide bonds. The lowest BCUT2D eigenvalue weighted by molar-refractivity contribution is -0.111. The highest BCUT2D eigenvalue weighted by Crippen LogP contribution is 2.29. The van der Waals surface area contributed by atoms with Gasteiger partial charge in [-0.15, -0.1) is 0 Å². The van der Waals surface area contributed by atoms with Crippen LogP contribution in [0.5, 0.6) is 28.7 Å². The van der Waals surface area contributed by atoms with Gasteiger partial charge in [-0.05, 0) is 67.1 Å². The van der Waals surface area contributed by atoms with E-state index >= 15 is 0 Å². The van der Waals surface area contributed by atoms with Gasteiger partial charge < -0.3 is 24.3 Å². The average molecular weight is 419 g/mol. The van der Waals surface area contributed by atoms with Gasteiger partial charge in [0.25, 0.3) is 0 Å². The first-order valence-electron chi connectivity index (χ1n) is 9.83. The molecule has 0 spiro atoms. The first kappa shape index (κ1) is 21.8. The summed E-state index contributed by atoms with van der Waals surface area (Å²) in [6, 6.07) is 20.0. The summed E-state index contributed by atoms with van der Waals surface area (Å²) in [5.74, 6) is 3.10. The number of hydrogen-bond donors (Lipinski definition) is 1. The van der Waals surface area contributed by atoms with Gasteiger partial charge in [0.15, 0.2) is 11.5 Å². The van der Waals surface area contributed by atoms with E-state index in [-0.39, 0.29) is 5.91 Å². The van der Waals surface area contributed by atoms with Crippen molar-refractivity contribution in [3.63, 3.8) is 0 Å². The third-order valence-electron chi connectivity index (χ3n) is 4.31. The van der Waals surface area contributed by atoms with Crippen LogP contribution in [0.3, 0.4) is 0 Å². The maximum atomic E-state index is 12.3. The molecule has 0 atom stereocenters.